The molecule has 4 heteroatoms. The first-order valence-electron chi connectivity index (χ1n) is 7.00. The van der Waals surface area contributed by atoms with Crippen molar-refractivity contribution in [1.82, 2.24) is 4.98 Å². The van der Waals surface area contributed by atoms with Gasteiger partial charge in [0.2, 0.25) is 0 Å². The first kappa shape index (κ1) is 13.2. The van der Waals surface area contributed by atoms with Crippen molar-refractivity contribution in [3.63, 3.8) is 0 Å². The Hall–Kier alpha value is -1.81. The van der Waals surface area contributed by atoms with Gasteiger partial charge < -0.3 is 15.4 Å². The largest absolute Gasteiger partial charge is 0.398 e. The lowest BCUT2D eigenvalue weighted by Crippen LogP contribution is -2.48. The van der Waals surface area contributed by atoms with Crippen molar-refractivity contribution in [2.45, 2.75) is 26.4 Å². The van der Waals surface area contributed by atoms with E-state index in [0.717, 1.165) is 36.5 Å². The van der Waals surface area contributed by atoms with Crippen molar-refractivity contribution in [1.29, 1.82) is 0 Å². The molecule has 1 saturated heterocycles. The highest BCUT2D eigenvalue weighted by molar-refractivity contribution is 6.01. The van der Waals surface area contributed by atoms with Crippen molar-refractivity contribution >= 4 is 22.1 Å². The van der Waals surface area contributed by atoms with E-state index in [1.807, 2.05) is 19.2 Å². The van der Waals surface area contributed by atoms with Crippen LogP contribution in [0.2, 0.25) is 0 Å². The van der Waals surface area contributed by atoms with Gasteiger partial charge in [0.1, 0.15) is 0 Å². The van der Waals surface area contributed by atoms with Crippen molar-refractivity contribution in [2.24, 2.45) is 0 Å². The van der Waals surface area contributed by atoms with Gasteiger partial charge in [-0.3, -0.25) is 4.98 Å². The van der Waals surface area contributed by atoms with Crippen LogP contribution < -0.4 is 10.6 Å². The molecule has 0 spiro atoms. The van der Waals surface area contributed by atoms with Gasteiger partial charge in [-0.2, -0.15) is 0 Å². The van der Waals surface area contributed by atoms with E-state index >= 15 is 0 Å². The fourth-order valence-corrected chi connectivity index (χ4v) is 2.85. The summed E-state index contributed by atoms with van der Waals surface area (Å²) < 4.78 is 5.80. The van der Waals surface area contributed by atoms with Gasteiger partial charge in [-0.05, 0) is 39.0 Å². The Labute approximate surface area is 119 Å². The second kappa shape index (κ2) is 4.63. The molecule has 106 valence electrons. The zero-order valence-corrected chi connectivity index (χ0v) is 12.3. The molecule has 0 atom stereocenters. The van der Waals surface area contributed by atoms with Crippen LogP contribution in [0.1, 0.15) is 19.5 Å². The van der Waals surface area contributed by atoms with E-state index in [4.69, 9.17) is 10.5 Å². The van der Waals surface area contributed by atoms with Gasteiger partial charge in [0.05, 0.1) is 12.2 Å². The van der Waals surface area contributed by atoms with Gasteiger partial charge >= 0.3 is 0 Å². The summed E-state index contributed by atoms with van der Waals surface area (Å²) in [5, 5.41) is 2.20. The summed E-state index contributed by atoms with van der Waals surface area (Å²) in [6.45, 7) is 8.81. The van der Waals surface area contributed by atoms with Gasteiger partial charge in [0.15, 0.2) is 0 Å². The van der Waals surface area contributed by atoms with Gasteiger partial charge in [-0.1, -0.05) is 0 Å². The highest BCUT2D eigenvalue weighted by atomic mass is 16.5. The Morgan fingerprint density at radius 2 is 2.10 bits per heavy atom. The summed E-state index contributed by atoms with van der Waals surface area (Å²) in [5.74, 6) is 0. The summed E-state index contributed by atoms with van der Waals surface area (Å²) in [5.41, 5.74) is 8.97. The molecule has 0 unspecified atom stereocenters. The molecule has 4 nitrogen and oxygen atoms in total. The monoisotopic (exact) mass is 271 g/mol. The Kier molecular flexibility index (Phi) is 3.05. The van der Waals surface area contributed by atoms with E-state index in [-0.39, 0.29) is 5.60 Å². The van der Waals surface area contributed by atoms with E-state index < -0.39 is 0 Å². The zero-order chi connectivity index (χ0) is 14.3. The molecule has 0 aliphatic carbocycles. The molecule has 1 aromatic carbocycles. The number of morpholine rings is 1. The molecule has 2 heterocycles. The van der Waals surface area contributed by atoms with Crippen LogP contribution in [0.15, 0.2) is 24.4 Å². The fourth-order valence-electron chi connectivity index (χ4n) is 2.85. The number of nitrogens with two attached hydrogens (primary N) is 1. The van der Waals surface area contributed by atoms with Crippen LogP contribution in [0.5, 0.6) is 0 Å². The first-order chi connectivity index (χ1) is 9.46. The van der Waals surface area contributed by atoms with Crippen molar-refractivity contribution in [3.05, 3.63) is 30.1 Å². The number of pyridine rings is 1. The molecular formula is C16H21N3O. The third-order valence-corrected chi connectivity index (χ3v) is 3.81. The van der Waals surface area contributed by atoms with Gasteiger partial charge in [0, 0.05) is 47.1 Å². The van der Waals surface area contributed by atoms with E-state index in [0.29, 0.717) is 0 Å². The smallest absolute Gasteiger partial charge is 0.0801 e. The molecule has 1 aliphatic heterocycles. The van der Waals surface area contributed by atoms with Crippen molar-refractivity contribution in [2.75, 3.05) is 30.3 Å². The molecule has 0 bridgehead atoms. The van der Waals surface area contributed by atoms with Gasteiger partial charge in [-0.15, -0.1) is 0 Å². The molecule has 3 rings (SSSR count). The standard InChI is InChI=1S/C16H21N3O/c1-11-8-12-13(9-18-11)14(17)4-5-15(12)19-6-7-20-16(2,3)10-19/h4-5,8-9H,6-7,10,17H2,1-3H3. The minimum absolute atomic E-state index is 0.117. The van der Waals surface area contributed by atoms with Crippen LogP contribution in [-0.4, -0.2) is 30.3 Å². The van der Waals surface area contributed by atoms with Gasteiger partial charge in [0.25, 0.3) is 0 Å². The SMILES string of the molecule is Cc1cc2c(N3CCOC(C)(C)C3)ccc(N)c2cn1. The number of hydrogen-bond donors (Lipinski definition) is 1. The number of nitrogens with zero attached hydrogens (tertiary/aromatic N) is 2. The zero-order valence-electron chi connectivity index (χ0n) is 12.3. The highest BCUT2D eigenvalue weighted by Gasteiger charge is 2.28. The Morgan fingerprint density at radius 1 is 1.30 bits per heavy atom. The second-order valence-electron chi connectivity index (χ2n) is 6.07. The molecule has 1 aliphatic rings. The minimum Gasteiger partial charge on any atom is -0.398 e. The number of fused-ring (bicyclic) bond motifs is 1. The summed E-state index contributed by atoms with van der Waals surface area (Å²) in [4.78, 5) is 6.74. The number of aryl methyl sites for hydroxylation is 1. The molecule has 20 heavy (non-hydrogen) atoms. The summed E-state index contributed by atoms with van der Waals surface area (Å²) >= 11 is 0. The number of ether oxygens (including phenoxy) is 1. The van der Waals surface area contributed by atoms with Crippen LogP contribution in [0.4, 0.5) is 11.4 Å². The number of rotatable bonds is 1. The normalized spacial score (nSPS) is 18.4. The maximum absolute atomic E-state index is 6.07. The van der Waals surface area contributed by atoms with Crippen molar-refractivity contribution < 1.29 is 4.74 Å². The first-order valence-corrected chi connectivity index (χ1v) is 7.00. The molecule has 2 aromatic rings. The summed E-state index contributed by atoms with van der Waals surface area (Å²) in [6.07, 6.45) is 1.87. The van der Waals surface area contributed by atoms with E-state index in [1.165, 1.54) is 11.1 Å². The predicted octanol–water partition coefficient (Wildman–Crippen LogP) is 2.74. The number of anilines is 2. The molecule has 1 fully saturated rings. The average molecular weight is 271 g/mol. The molecule has 0 saturated carbocycles. The second-order valence-corrected chi connectivity index (χ2v) is 6.07. The topological polar surface area (TPSA) is 51.4 Å². The highest BCUT2D eigenvalue weighted by Crippen LogP contribution is 2.33. The van der Waals surface area contributed by atoms with Crippen LogP contribution in [-0.2, 0) is 4.74 Å². The maximum atomic E-state index is 6.07. The molecule has 0 radical (unpaired) electrons. The lowest BCUT2D eigenvalue weighted by atomic mass is 10.0. The van der Waals surface area contributed by atoms with E-state index in [9.17, 15) is 0 Å². The summed E-state index contributed by atoms with van der Waals surface area (Å²) in [6, 6.07) is 6.19. The molecule has 2 N–H and O–H groups in total. The predicted molar refractivity (Wildman–Crippen MR) is 83.1 cm³/mol. The van der Waals surface area contributed by atoms with Crippen LogP contribution in [0, 0.1) is 6.92 Å². The van der Waals surface area contributed by atoms with Crippen molar-refractivity contribution in [3.8, 4) is 0 Å². The number of nitrogen functional groups attached to an aromatic ring is 1. The van der Waals surface area contributed by atoms with E-state index in [2.05, 4.69) is 35.9 Å². The minimum atomic E-state index is -0.117. The van der Waals surface area contributed by atoms with Gasteiger partial charge in [-0.25, -0.2) is 0 Å². The Morgan fingerprint density at radius 3 is 2.85 bits per heavy atom. The van der Waals surface area contributed by atoms with E-state index in [1.54, 1.807) is 0 Å². The maximum Gasteiger partial charge on any atom is 0.0801 e. The quantitative estimate of drug-likeness (QED) is 0.810. The summed E-state index contributed by atoms with van der Waals surface area (Å²) in [7, 11) is 0. The third-order valence-electron chi connectivity index (χ3n) is 3.81. The molecule has 1 aromatic heterocycles. The van der Waals surface area contributed by atoms with Crippen LogP contribution in [0.3, 0.4) is 0 Å². The average Bonchev–Trinajstić information content (AvgIpc) is 2.37. The lowest BCUT2D eigenvalue weighted by Gasteiger charge is -2.40. The lowest BCUT2D eigenvalue weighted by molar-refractivity contribution is -0.0276. The Bertz CT molecular complexity index is 651. The number of benzene rings is 1. The molecular weight excluding hydrogens is 250 g/mol. The number of aromatic nitrogens is 1. The number of hydrogen-bond acceptors (Lipinski definition) is 4. The fraction of sp³-hybridized carbons (Fsp3) is 0.438. The van der Waals surface area contributed by atoms with Crippen LogP contribution in [0.25, 0.3) is 10.8 Å². The molecule has 0 amide bonds. The Balaban J connectivity index is 2.11. The third kappa shape index (κ3) is 2.31. The van der Waals surface area contributed by atoms with Crippen LogP contribution >= 0.6 is 0 Å².